The van der Waals surface area contributed by atoms with E-state index in [9.17, 15) is 18.0 Å². The summed E-state index contributed by atoms with van der Waals surface area (Å²) in [4.78, 5) is 29.1. The summed E-state index contributed by atoms with van der Waals surface area (Å²) in [5.74, 6) is -0.163. The molecule has 4 aromatic rings. The first-order valence-corrected chi connectivity index (χ1v) is 9.56. The van der Waals surface area contributed by atoms with Crippen LogP contribution in [0.15, 0.2) is 55.2 Å². The standard InChI is InChI=1S/C21H14ClF3N6O/c1-11-2-3-12(20(32)30-13-4-5-15(22)14(7-13)21(23,24)25)6-16(11)31-19-18-17(27-10-29-19)8-26-9-28-18/h2-10H,1H3,(H,30,32)(H,27,29,31). The number of hydrogen-bond donors (Lipinski definition) is 2. The molecule has 0 aliphatic rings. The van der Waals surface area contributed by atoms with Crippen molar-refractivity contribution >= 4 is 45.7 Å². The molecule has 2 aromatic heterocycles. The van der Waals surface area contributed by atoms with Gasteiger partial charge < -0.3 is 10.6 Å². The third-order valence-corrected chi connectivity index (χ3v) is 4.91. The molecule has 0 atom stereocenters. The van der Waals surface area contributed by atoms with E-state index in [4.69, 9.17) is 11.6 Å². The second-order valence-corrected chi connectivity index (χ2v) is 7.19. The minimum atomic E-state index is -4.64. The van der Waals surface area contributed by atoms with Crippen LogP contribution in [0.5, 0.6) is 0 Å². The Kier molecular flexibility index (Phi) is 5.62. The number of aromatic nitrogens is 4. The number of fused-ring (bicyclic) bond motifs is 1. The van der Waals surface area contributed by atoms with Crippen molar-refractivity contribution in [3.63, 3.8) is 0 Å². The molecule has 1 amide bonds. The first-order chi connectivity index (χ1) is 15.2. The molecule has 2 N–H and O–H groups in total. The Balaban J connectivity index is 1.61. The van der Waals surface area contributed by atoms with Gasteiger partial charge in [-0.1, -0.05) is 17.7 Å². The Morgan fingerprint density at radius 3 is 2.62 bits per heavy atom. The zero-order valence-corrected chi connectivity index (χ0v) is 17.2. The summed E-state index contributed by atoms with van der Waals surface area (Å²) in [5, 5.41) is 5.14. The number of halogens is 4. The van der Waals surface area contributed by atoms with E-state index in [1.54, 1.807) is 24.4 Å². The molecule has 11 heteroatoms. The predicted molar refractivity (Wildman–Crippen MR) is 114 cm³/mol. The number of benzene rings is 2. The van der Waals surface area contributed by atoms with Gasteiger partial charge in [0.25, 0.3) is 5.91 Å². The normalized spacial score (nSPS) is 11.4. The number of carbonyl (C=O) groups is 1. The largest absolute Gasteiger partial charge is 0.417 e. The van der Waals surface area contributed by atoms with Crippen molar-refractivity contribution in [2.75, 3.05) is 10.6 Å². The van der Waals surface area contributed by atoms with Crippen LogP contribution < -0.4 is 10.6 Å². The van der Waals surface area contributed by atoms with Gasteiger partial charge in [-0.2, -0.15) is 13.2 Å². The molecule has 0 aliphatic heterocycles. The van der Waals surface area contributed by atoms with Crippen LogP contribution in [0.3, 0.4) is 0 Å². The zero-order chi connectivity index (χ0) is 22.9. The molecule has 7 nitrogen and oxygen atoms in total. The third-order valence-electron chi connectivity index (χ3n) is 4.58. The van der Waals surface area contributed by atoms with E-state index in [-0.39, 0.29) is 11.3 Å². The van der Waals surface area contributed by atoms with Crippen LogP contribution in [-0.2, 0) is 6.18 Å². The quantitative estimate of drug-likeness (QED) is 0.425. The van der Waals surface area contributed by atoms with Gasteiger partial charge in [-0.15, -0.1) is 0 Å². The van der Waals surface area contributed by atoms with Crippen LogP contribution >= 0.6 is 11.6 Å². The van der Waals surface area contributed by atoms with E-state index < -0.39 is 22.7 Å². The highest BCUT2D eigenvalue weighted by molar-refractivity contribution is 6.31. The van der Waals surface area contributed by atoms with Crippen molar-refractivity contribution in [3.8, 4) is 0 Å². The summed E-state index contributed by atoms with van der Waals surface area (Å²) in [7, 11) is 0. The lowest BCUT2D eigenvalue weighted by molar-refractivity contribution is -0.137. The molecule has 162 valence electrons. The molecule has 0 spiro atoms. The Morgan fingerprint density at radius 1 is 1.03 bits per heavy atom. The molecule has 0 saturated carbocycles. The molecule has 0 fully saturated rings. The van der Waals surface area contributed by atoms with Gasteiger partial charge >= 0.3 is 6.18 Å². The minimum Gasteiger partial charge on any atom is -0.338 e. The number of nitrogens with one attached hydrogen (secondary N) is 2. The molecule has 0 bridgehead atoms. The fourth-order valence-corrected chi connectivity index (χ4v) is 3.17. The maximum atomic E-state index is 13.1. The molecule has 32 heavy (non-hydrogen) atoms. The molecule has 2 heterocycles. The van der Waals surface area contributed by atoms with Gasteiger partial charge in [-0.25, -0.2) is 19.9 Å². The first-order valence-electron chi connectivity index (χ1n) is 9.19. The Hall–Kier alpha value is -3.79. The van der Waals surface area contributed by atoms with Gasteiger partial charge in [0, 0.05) is 16.9 Å². The smallest absolute Gasteiger partial charge is 0.338 e. The fourth-order valence-electron chi connectivity index (χ4n) is 2.95. The molecule has 0 saturated heterocycles. The predicted octanol–water partition coefficient (Wildman–Crippen LogP) is 5.40. The van der Waals surface area contributed by atoms with E-state index in [0.717, 1.165) is 17.7 Å². The van der Waals surface area contributed by atoms with Crippen molar-refractivity contribution in [2.45, 2.75) is 13.1 Å². The average Bonchev–Trinajstić information content (AvgIpc) is 2.76. The summed E-state index contributed by atoms with van der Waals surface area (Å²) in [5.41, 5.74) is 1.60. The van der Waals surface area contributed by atoms with E-state index >= 15 is 0 Å². The Bertz CT molecular complexity index is 1320. The maximum Gasteiger partial charge on any atom is 0.417 e. The number of carbonyl (C=O) groups excluding carboxylic acids is 1. The van der Waals surface area contributed by atoms with Crippen molar-refractivity contribution in [2.24, 2.45) is 0 Å². The topological polar surface area (TPSA) is 92.7 Å². The Morgan fingerprint density at radius 2 is 1.84 bits per heavy atom. The minimum absolute atomic E-state index is 0.0275. The molecular weight excluding hydrogens is 445 g/mol. The zero-order valence-electron chi connectivity index (χ0n) is 16.4. The van der Waals surface area contributed by atoms with Crippen LogP contribution in [0.2, 0.25) is 5.02 Å². The maximum absolute atomic E-state index is 13.1. The van der Waals surface area contributed by atoms with E-state index in [0.29, 0.717) is 22.5 Å². The van der Waals surface area contributed by atoms with Crippen molar-refractivity contribution in [3.05, 3.63) is 77.0 Å². The monoisotopic (exact) mass is 458 g/mol. The van der Waals surface area contributed by atoms with Crippen LogP contribution in [0, 0.1) is 6.92 Å². The summed E-state index contributed by atoms with van der Waals surface area (Å²) in [6.07, 6.45) is -0.358. The van der Waals surface area contributed by atoms with Crippen LogP contribution in [-0.4, -0.2) is 25.8 Å². The highest BCUT2D eigenvalue weighted by Crippen LogP contribution is 2.36. The van der Waals surface area contributed by atoms with Gasteiger partial charge in [0.05, 0.1) is 16.8 Å². The molecule has 0 radical (unpaired) electrons. The Labute approximate surface area is 184 Å². The number of anilines is 3. The average molecular weight is 459 g/mol. The van der Waals surface area contributed by atoms with Crippen LogP contribution in [0.1, 0.15) is 21.5 Å². The number of rotatable bonds is 4. The molecule has 4 rings (SSSR count). The fraction of sp³-hybridized carbons (Fsp3) is 0.0952. The highest BCUT2D eigenvalue weighted by Gasteiger charge is 2.33. The van der Waals surface area contributed by atoms with Gasteiger partial charge in [0.15, 0.2) is 5.82 Å². The van der Waals surface area contributed by atoms with Crippen LogP contribution in [0.4, 0.5) is 30.4 Å². The highest BCUT2D eigenvalue weighted by atomic mass is 35.5. The lowest BCUT2D eigenvalue weighted by atomic mass is 10.1. The first kappa shape index (κ1) is 21.4. The van der Waals surface area contributed by atoms with E-state index in [1.165, 1.54) is 18.7 Å². The second-order valence-electron chi connectivity index (χ2n) is 6.78. The number of hydrogen-bond acceptors (Lipinski definition) is 6. The molecule has 2 aromatic carbocycles. The summed E-state index contributed by atoms with van der Waals surface area (Å²) in [6, 6.07) is 8.02. The van der Waals surface area contributed by atoms with Crippen molar-refractivity contribution < 1.29 is 18.0 Å². The summed E-state index contributed by atoms with van der Waals surface area (Å²) in [6.45, 7) is 1.83. The number of aryl methyl sites for hydroxylation is 1. The number of nitrogens with zero attached hydrogens (tertiary/aromatic N) is 4. The molecule has 0 aliphatic carbocycles. The lowest BCUT2D eigenvalue weighted by Gasteiger charge is -2.13. The molecule has 0 unspecified atom stereocenters. The van der Waals surface area contributed by atoms with Gasteiger partial charge in [-0.05, 0) is 42.8 Å². The van der Waals surface area contributed by atoms with Gasteiger partial charge in [0.1, 0.15) is 23.7 Å². The third kappa shape index (κ3) is 4.45. The van der Waals surface area contributed by atoms with E-state index in [1.807, 2.05) is 6.92 Å². The van der Waals surface area contributed by atoms with Crippen LogP contribution in [0.25, 0.3) is 11.0 Å². The second kappa shape index (κ2) is 8.39. The number of amides is 1. The number of alkyl halides is 3. The van der Waals surface area contributed by atoms with Crippen molar-refractivity contribution in [1.29, 1.82) is 0 Å². The van der Waals surface area contributed by atoms with E-state index in [2.05, 4.69) is 30.6 Å². The summed E-state index contributed by atoms with van der Waals surface area (Å²) < 4.78 is 39.2. The lowest BCUT2D eigenvalue weighted by Crippen LogP contribution is -2.14. The SMILES string of the molecule is Cc1ccc(C(=O)Nc2ccc(Cl)c(C(F)(F)F)c2)cc1Nc1ncnc2cncnc12. The summed E-state index contributed by atoms with van der Waals surface area (Å²) >= 11 is 5.63. The van der Waals surface area contributed by atoms with Gasteiger partial charge in [-0.3, -0.25) is 4.79 Å². The van der Waals surface area contributed by atoms with Gasteiger partial charge in [0.2, 0.25) is 0 Å². The van der Waals surface area contributed by atoms with Crippen molar-refractivity contribution in [1.82, 2.24) is 19.9 Å². The molecular formula is C21H14ClF3N6O.